The quantitative estimate of drug-likeness (QED) is 0.608. The van der Waals surface area contributed by atoms with Crippen LogP contribution < -0.4 is 14.8 Å². The molecule has 3 aliphatic carbocycles. The first-order valence-electron chi connectivity index (χ1n) is 13.5. The van der Waals surface area contributed by atoms with Crippen molar-refractivity contribution in [2.75, 3.05) is 52.9 Å². The first kappa shape index (κ1) is 25.1. The molecule has 0 aromatic heterocycles. The van der Waals surface area contributed by atoms with Crippen LogP contribution in [0.1, 0.15) is 45.9 Å². The molecule has 1 aliphatic heterocycles. The lowest BCUT2D eigenvalue weighted by Crippen LogP contribution is -2.39. The summed E-state index contributed by atoms with van der Waals surface area (Å²) >= 11 is 0. The standard InChI is InChI=1S/C30H33NO7/c32-29-21-3-1-5-24-26(21)28(31-30(33)23-18-19-7-8-20(23)17-19)27-22(29)4-2-6-25(27)38-16-14-36-12-10-34-9-11-35-13-15-37-24/h1-8,19-20,23,28H,9-18H2,(H,31,33)/t19-,20+,23-/m1/s1. The fraction of sp³-hybridized carbons (Fsp3) is 0.467. The van der Waals surface area contributed by atoms with Gasteiger partial charge in [0.1, 0.15) is 24.7 Å². The highest BCUT2D eigenvalue weighted by atomic mass is 16.6. The Morgan fingerprint density at radius 2 is 1.26 bits per heavy atom. The Morgan fingerprint density at radius 1 is 0.711 bits per heavy atom. The lowest BCUT2D eigenvalue weighted by atomic mass is 9.80. The average Bonchev–Trinajstić information content (AvgIpc) is 3.57. The zero-order valence-electron chi connectivity index (χ0n) is 21.4. The van der Waals surface area contributed by atoms with Crippen LogP contribution in [-0.2, 0) is 19.0 Å². The SMILES string of the molecule is O=C1c2cccc3c2C(NC(=O)[C@@H]2C[C@@H]4C=C[C@H]2C4)c2c(cccc21)OCCOCCOCCOCCO3. The third-order valence-corrected chi connectivity index (χ3v) is 7.82. The molecule has 1 fully saturated rings. The second-order valence-corrected chi connectivity index (χ2v) is 10.1. The van der Waals surface area contributed by atoms with Crippen molar-refractivity contribution in [1.82, 2.24) is 5.32 Å². The summed E-state index contributed by atoms with van der Waals surface area (Å²) in [5.74, 6) is 1.65. The predicted molar refractivity (Wildman–Crippen MR) is 139 cm³/mol. The minimum atomic E-state index is -0.588. The van der Waals surface area contributed by atoms with E-state index in [1.165, 1.54) is 0 Å². The molecule has 2 aromatic carbocycles. The Morgan fingerprint density at radius 3 is 1.76 bits per heavy atom. The maximum Gasteiger partial charge on any atom is 0.224 e. The molecule has 1 heterocycles. The number of amides is 1. The fourth-order valence-electron chi connectivity index (χ4n) is 6.06. The number of fused-ring (bicyclic) bond motifs is 2. The van der Waals surface area contributed by atoms with E-state index in [0.717, 1.165) is 12.8 Å². The lowest BCUT2D eigenvalue weighted by Gasteiger charge is -2.32. The van der Waals surface area contributed by atoms with Crippen LogP contribution in [0.4, 0.5) is 0 Å². The molecule has 0 spiro atoms. The molecule has 200 valence electrons. The number of ketones is 1. The van der Waals surface area contributed by atoms with Crippen LogP contribution >= 0.6 is 0 Å². The molecule has 4 bridgehead atoms. The van der Waals surface area contributed by atoms with Crippen molar-refractivity contribution in [3.8, 4) is 11.5 Å². The summed E-state index contributed by atoms with van der Waals surface area (Å²) in [5, 5.41) is 3.32. The molecule has 0 saturated heterocycles. The molecule has 6 rings (SSSR count). The fourth-order valence-corrected chi connectivity index (χ4v) is 6.06. The zero-order chi connectivity index (χ0) is 25.9. The number of hydrogen-bond acceptors (Lipinski definition) is 7. The van der Waals surface area contributed by atoms with Gasteiger partial charge in [0.15, 0.2) is 5.78 Å². The summed E-state index contributed by atoms with van der Waals surface area (Å²) in [6.45, 7) is 3.19. The molecular weight excluding hydrogens is 486 g/mol. The highest BCUT2D eigenvalue weighted by Gasteiger charge is 2.43. The summed E-state index contributed by atoms with van der Waals surface area (Å²) in [5.41, 5.74) is 2.37. The van der Waals surface area contributed by atoms with Gasteiger partial charge in [0.2, 0.25) is 5.91 Å². The van der Waals surface area contributed by atoms with Crippen molar-refractivity contribution in [3.05, 3.63) is 70.8 Å². The van der Waals surface area contributed by atoms with Crippen molar-refractivity contribution in [1.29, 1.82) is 0 Å². The van der Waals surface area contributed by atoms with Gasteiger partial charge in [-0.2, -0.15) is 0 Å². The van der Waals surface area contributed by atoms with Gasteiger partial charge < -0.3 is 29.0 Å². The molecule has 1 N–H and O–H groups in total. The number of carbonyl (C=O) groups excluding carboxylic acids is 2. The number of carbonyl (C=O) groups is 2. The van der Waals surface area contributed by atoms with Gasteiger partial charge in [0.05, 0.1) is 45.7 Å². The first-order chi connectivity index (χ1) is 18.7. The topological polar surface area (TPSA) is 92.3 Å². The molecule has 0 radical (unpaired) electrons. The van der Waals surface area contributed by atoms with E-state index in [1.807, 2.05) is 24.3 Å². The van der Waals surface area contributed by atoms with E-state index < -0.39 is 6.04 Å². The molecule has 0 unspecified atom stereocenters. The van der Waals surface area contributed by atoms with E-state index in [2.05, 4.69) is 17.5 Å². The first-order valence-corrected chi connectivity index (χ1v) is 13.5. The van der Waals surface area contributed by atoms with E-state index in [1.54, 1.807) is 12.1 Å². The normalized spacial score (nSPS) is 25.7. The minimum Gasteiger partial charge on any atom is -0.491 e. The number of ether oxygens (including phenoxy) is 5. The van der Waals surface area contributed by atoms with Crippen LogP contribution in [0.5, 0.6) is 11.5 Å². The van der Waals surface area contributed by atoms with Crippen LogP contribution in [0.25, 0.3) is 0 Å². The number of benzene rings is 2. The Labute approximate surface area is 222 Å². The third kappa shape index (κ3) is 4.96. The summed E-state index contributed by atoms with van der Waals surface area (Å²) in [6, 6.07) is 10.3. The second kappa shape index (κ2) is 11.3. The Hall–Kier alpha value is -3.20. The summed E-state index contributed by atoms with van der Waals surface area (Å²) in [7, 11) is 0. The second-order valence-electron chi connectivity index (χ2n) is 10.1. The average molecular weight is 520 g/mol. The minimum absolute atomic E-state index is 0.00323. The van der Waals surface area contributed by atoms with Gasteiger partial charge >= 0.3 is 0 Å². The van der Waals surface area contributed by atoms with Crippen molar-refractivity contribution in [2.45, 2.75) is 18.9 Å². The molecular formula is C30H33NO7. The van der Waals surface area contributed by atoms with Crippen LogP contribution in [-0.4, -0.2) is 64.5 Å². The number of rotatable bonds is 2. The molecule has 3 atom stereocenters. The van der Waals surface area contributed by atoms with Gasteiger partial charge in [-0.25, -0.2) is 0 Å². The largest absolute Gasteiger partial charge is 0.491 e. The predicted octanol–water partition coefficient (Wildman–Crippen LogP) is 3.47. The highest BCUT2D eigenvalue weighted by molar-refractivity contribution is 6.13. The Balaban J connectivity index is 1.37. The van der Waals surface area contributed by atoms with Crippen LogP contribution in [0.3, 0.4) is 0 Å². The molecule has 4 aliphatic rings. The number of hydrogen-bond donors (Lipinski definition) is 1. The zero-order valence-corrected chi connectivity index (χ0v) is 21.4. The van der Waals surface area contributed by atoms with Crippen LogP contribution in [0, 0.1) is 17.8 Å². The monoisotopic (exact) mass is 519 g/mol. The molecule has 38 heavy (non-hydrogen) atoms. The van der Waals surface area contributed by atoms with Crippen LogP contribution in [0.2, 0.25) is 0 Å². The maximum atomic E-state index is 13.7. The molecule has 1 amide bonds. The molecule has 1 saturated carbocycles. The lowest BCUT2D eigenvalue weighted by molar-refractivity contribution is -0.126. The van der Waals surface area contributed by atoms with E-state index in [-0.39, 0.29) is 23.5 Å². The Bertz CT molecular complexity index is 1160. The van der Waals surface area contributed by atoms with Gasteiger partial charge in [0, 0.05) is 28.2 Å². The van der Waals surface area contributed by atoms with Crippen molar-refractivity contribution < 1.29 is 33.3 Å². The Kier molecular flexibility index (Phi) is 7.44. The number of allylic oxidation sites excluding steroid dienone is 2. The van der Waals surface area contributed by atoms with Crippen molar-refractivity contribution in [2.24, 2.45) is 17.8 Å². The van der Waals surface area contributed by atoms with E-state index in [4.69, 9.17) is 23.7 Å². The van der Waals surface area contributed by atoms with Gasteiger partial charge in [-0.05, 0) is 36.8 Å². The molecule has 8 nitrogen and oxygen atoms in total. The third-order valence-electron chi connectivity index (χ3n) is 7.82. The molecule has 2 aromatic rings. The highest BCUT2D eigenvalue weighted by Crippen LogP contribution is 2.46. The number of nitrogens with one attached hydrogen (secondary N) is 1. The maximum absolute atomic E-state index is 13.7. The smallest absolute Gasteiger partial charge is 0.224 e. The molecule has 8 heteroatoms. The van der Waals surface area contributed by atoms with Gasteiger partial charge in [0.25, 0.3) is 0 Å². The van der Waals surface area contributed by atoms with Crippen molar-refractivity contribution in [3.63, 3.8) is 0 Å². The van der Waals surface area contributed by atoms with Crippen LogP contribution in [0.15, 0.2) is 48.6 Å². The van der Waals surface area contributed by atoms with Gasteiger partial charge in [-0.1, -0.05) is 36.4 Å². The van der Waals surface area contributed by atoms with Crippen molar-refractivity contribution >= 4 is 11.7 Å². The van der Waals surface area contributed by atoms with Gasteiger partial charge in [-0.15, -0.1) is 0 Å². The van der Waals surface area contributed by atoms with Gasteiger partial charge in [-0.3, -0.25) is 9.59 Å². The summed E-state index contributed by atoms with van der Waals surface area (Å²) in [6.07, 6.45) is 6.29. The summed E-state index contributed by atoms with van der Waals surface area (Å²) < 4.78 is 29.1. The summed E-state index contributed by atoms with van der Waals surface area (Å²) in [4.78, 5) is 27.4. The van der Waals surface area contributed by atoms with E-state index in [0.29, 0.717) is 92.5 Å². The van der Waals surface area contributed by atoms with E-state index >= 15 is 0 Å². The van der Waals surface area contributed by atoms with E-state index in [9.17, 15) is 9.59 Å².